The summed E-state index contributed by atoms with van der Waals surface area (Å²) in [6.07, 6.45) is -3.25. The van der Waals surface area contributed by atoms with Crippen LogP contribution < -0.4 is 15.6 Å². The quantitative estimate of drug-likeness (QED) is 0.694. The molecule has 2 aromatic heterocycles. The van der Waals surface area contributed by atoms with E-state index in [-0.39, 0.29) is 17.1 Å². The van der Waals surface area contributed by atoms with Crippen molar-refractivity contribution in [2.45, 2.75) is 6.36 Å². The molecule has 0 saturated heterocycles. The van der Waals surface area contributed by atoms with Crippen LogP contribution in [0.4, 0.5) is 24.7 Å². The van der Waals surface area contributed by atoms with Gasteiger partial charge in [0.05, 0.1) is 5.52 Å². The highest BCUT2D eigenvalue weighted by atomic mass is 19.4. The average molecular weight is 310 g/mol. The van der Waals surface area contributed by atoms with Gasteiger partial charge in [-0.15, -0.1) is 13.2 Å². The number of aromatic amines is 2. The van der Waals surface area contributed by atoms with E-state index in [0.717, 1.165) is 12.1 Å². The van der Waals surface area contributed by atoms with E-state index < -0.39 is 6.36 Å². The molecule has 3 N–H and O–H groups in total. The van der Waals surface area contributed by atoms with Gasteiger partial charge in [0, 0.05) is 11.9 Å². The second kappa shape index (κ2) is 5.10. The van der Waals surface area contributed by atoms with Gasteiger partial charge in [0.2, 0.25) is 0 Å². The Morgan fingerprint density at radius 2 is 1.86 bits per heavy atom. The van der Waals surface area contributed by atoms with Crippen molar-refractivity contribution < 1.29 is 17.9 Å². The summed E-state index contributed by atoms with van der Waals surface area (Å²) in [4.78, 5) is 14.3. The van der Waals surface area contributed by atoms with Gasteiger partial charge in [-0.2, -0.15) is 5.10 Å². The molecule has 0 spiro atoms. The molecular weight excluding hydrogens is 301 g/mol. The van der Waals surface area contributed by atoms with Crippen LogP contribution in [0.25, 0.3) is 10.9 Å². The number of alkyl halides is 3. The van der Waals surface area contributed by atoms with Crippen molar-refractivity contribution in [3.05, 3.63) is 46.9 Å². The van der Waals surface area contributed by atoms with Crippen LogP contribution in [0.1, 0.15) is 0 Å². The van der Waals surface area contributed by atoms with E-state index in [9.17, 15) is 18.0 Å². The molecule has 0 fully saturated rings. The number of nitrogens with zero attached hydrogens (tertiary/aromatic N) is 1. The van der Waals surface area contributed by atoms with Gasteiger partial charge in [-0.05, 0) is 30.3 Å². The fraction of sp³-hybridized carbons (Fsp3) is 0.0769. The average Bonchev–Trinajstić information content (AvgIpc) is 2.84. The molecule has 0 aliphatic carbocycles. The van der Waals surface area contributed by atoms with Crippen molar-refractivity contribution >= 4 is 22.4 Å². The van der Waals surface area contributed by atoms with E-state index in [4.69, 9.17) is 0 Å². The lowest BCUT2D eigenvalue weighted by atomic mass is 10.2. The smallest absolute Gasteiger partial charge is 0.406 e. The largest absolute Gasteiger partial charge is 0.573 e. The fourth-order valence-electron chi connectivity index (χ4n) is 1.95. The predicted molar refractivity (Wildman–Crippen MR) is 73.1 cm³/mol. The molecule has 0 bridgehead atoms. The highest BCUT2D eigenvalue weighted by Crippen LogP contribution is 2.26. The third kappa shape index (κ3) is 2.87. The van der Waals surface area contributed by atoms with Gasteiger partial charge in [0.15, 0.2) is 5.82 Å². The molecule has 0 atom stereocenters. The van der Waals surface area contributed by atoms with E-state index >= 15 is 0 Å². The first kappa shape index (κ1) is 14.0. The molecule has 0 amide bonds. The van der Waals surface area contributed by atoms with Gasteiger partial charge in [-0.25, -0.2) is 0 Å². The Kier molecular flexibility index (Phi) is 3.24. The Balaban J connectivity index is 1.85. The topological polar surface area (TPSA) is 82.8 Å². The first-order valence-electron chi connectivity index (χ1n) is 6.11. The van der Waals surface area contributed by atoms with E-state index in [1.807, 2.05) is 0 Å². The molecule has 114 valence electrons. The van der Waals surface area contributed by atoms with Crippen molar-refractivity contribution in [1.29, 1.82) is 0 Å². The summed E-state index contributed by atoms with van der Waals surface area (Å²) >= 11 is 0. The third-order valence-corrected chi connectivity index (χ3v) is 2.84. The second-order valence-electron chi connectivity index (χ2n) is 4.36. The third-order valence-electron chi connectivity index (χ3n) is 2.84. The monoisotopic (exact) mass is 310 g/mol. The van der Waals surface area contributed by atoms with Gasteiger partial charge in [0.25, 0.3) is 5.56 Å². The number of rotatable bonds is 3. The van der Waals surface area contributed by atoms with Crippen molar-refractivity contribution in [2.75, 3.05) is 5.32 Å². The summed E-state index contributed by atoms with van der Waals surface area (Å²) in [5.74, 6) is -0.0517. The maximum absolute atomic E-state index is 12.1. The van der Waals surface area contributed by atoms with Gasteiger partial charge in [-0.1, -0.05) is 0 Å². The normalized spacial score (nSPS) is 11.6. The molecule has 9 heteroatoms. The number of aromatic nitrogens is 3. The van der Waals surface area contributed by atoms with Crippen molar-refractivity contribution in [3.8, 4) is 5.75 Å². The number of hydrogen-bond donors (Lipinski definition) is 3. The molecule has 3 rings (SSSR count). The van der Waals surface area contributed by atoms with Crippen LogP contribution in [-0.2, 0) is 0 Å². The summed E-state index contributed by atoms with van der Waals surface area (Å²) in [5, 5.41) is 9.84. The summed E-state index contributed by atoms with van der Waals surface area (Å²) in [7, 11) is 0. The van der Waals surface area contributed by atoms with E-state index in [1.54, 1.807) is 6.07 Å². The maximum atomic E-state index is 12.1. The number of pyridine rings is 1. The first-order valence-corrected chi connectivity index (χ1v) is 6.11. The number of fused-ring (bicyclic) bond motifs is 1. The standard InChI is InChI=1S/C13H9F3N4O2/c14-13(15,16)22-8-3-1-7(2-4-8)18-11-10-9(19-20-11)5-6-17-12(10)21/h1-6H,(H,17,21)(H2,18,19,20). The van der Waals surface area contributed by atoms with Crippen LogP contribution in [0.15, 0.2) is 41.3 Å². The Morgan fingerprint density at radius 1 is 1.14 bits per heavy atom. The zero-order chi connectivity index (χ0) is 15.7. The molecule has 3 aromatic rings. The second-order valence-corrected chi connectivity index (χ2v) is 4.36. The van der Waals surface area contributed by atoms with Gasteiger partial charge in [0.1, 0.15) is 11.1 Å². The predicted octanol–water partition coefficient (Wildman–Crippen LogP) is 2.89. The van der Waals surface area contributed by atoms with Crippen LogP contribution in [0.2, 0.25) is 0 Å². The lowest BCUT2D eigenvalue weighted by molar-refractivity contribution is -0.274. The lowest BCUT2D eigenvalue weighted by Crippen LogP contribution is -2.17. The highest BCUT2D eigenvalue weighted by molar-refractivity contribution is 5.90. The molecule has 6 nitrogen and oxygen atoms in total. The van der Waals surface area contributed by atoms with Crippen LogP contribution in [0.5, 0.6) is 5.75 Å². The van der Waals surface area contributed by atoms with Crippen LogP contribution >= 0.6 is 0 Å². The van der Waals surface area contributed by atoms with Crippen LogP contribution in [0.3, 0.4) is 0 Å². The van der Waals surface area contributed by atoms with Crippen LogP contribution in [0, 0.1) is 0 Å². The molecule has 1 aromatic carbocycles. The van der Waals surface area contributed by atoms with Crippen molar-refractivity contribution in [2.24, 2.45) is 0 Å². The van der Waals surface area contributed by atoms with Gasteiger partial charge in [-0.3, -0.25) is 9.89 Å². The summed E-state index contributed by atoms with van der Waals surface area (Å²) in [6, 6.07) is 6.75. The highest BCUT2D eigenvalue weighted by Gasteiger charge is 2.30. The fourth-order valence-corrected chi connectivity index (χ4v) is 1.95. The minimum absolute atomic E-state index is 0.279. The first-order chi connectivity index (χ1) is 10.4. The Labute approximate surface area is 120 Å². The van der Waals surface area contributed by atoms with Crippen LogP contribution in [-0.4, -0.2) is 21.5 Å². The number of ether oxygens (including phenoxy) is 1. The minimum Gasteiger partial charge on any atom is -0.406 e. The number of halogens is 3. The number of anilines is 2. The lowest BCUT2D eigenvalue weighted by Gasteiger charge is -2.09. The minimum atomic E-state index is -4.74. The zero-order valence-corrected chi connectivity index (χ0v) is 10.9. The Hall–Kier alpha value is -2.97. The molecule has 2 heterocycles. The maximum Gasteiger partial charge on any atom is 0.573 e. The Morgan fingerprint density at radius 3 is 2.55 bits per heavy atom. The van der Waals surface area contributed by atoms with Gasteiger partial charge < -0.3 is 15.0 Å². The van der Waals surface area contributed by atoms with E-state index in [1.165, 1.54) is 18.3 Å². The number of H-pyrrole nitrogens is 2. The molecular formula is C13H9F3N4O2. The van der Waals surface area contributed by atoms with E-state index in [2.05, 4.69) is 25.2 Å². The van der Waals surface area contributed by atoms with Crippen molar-refractivity contribution in [3.63, 3.8) is 0 Å². The molecule has 0 radical (unpaired) electrons. The molecule has 0 saturated carbocycles. The molecule has 22 heavy (non-hydrogen) atoms. The number of nitrogens with one attached hydrogen (secondary N) is 3. The summed E-state index contributed by atoms with van der Waals surface area (Å²) in [6.45, 7) is 0. The molecule has 0 unspecified atom stereocenters. The SMILES string of the molecule is O=c1[nH]ccc2[nH]nc(Nc3ccc(OC(F)(F)F)cc3)c12. The summed E-state index contributed by atoms with van der Waals surface area (Å²) < 4.78 is 40.0. The molecule has 0 aliphatic heterocycles. The van der Waals surface area contributed by atoms with Crippen molar-refractivity contribution in [1.82, 2.24) is 15.2 Å². The van der Waals surface area contributed by atoms with E-state index in [0.29, 0.717) is 16.6 Å². The number of hydrogen-bond acceptors (Lipinski definition) is 4. The Bertz CT molecular complexity index is 852. The number of benzene rings is 1. The molecule has 0 aliphatic rings. The van der Waals surface area contributed by atoms with Gasteiger partial charge >= 0.3 is 6.36 Å². The zero-order valence-electron chi connectivity index (χ0n) is 10.9. The summed E-state index contributed by atoms with van der Waals surface area (Å²) in [5.41, 5.74) is 0.681.